The van der Waals surface area contributed by atoms with Gasteiger partial charge in [-0.2, -0.15) is 0 Å². The molecule has 0 saturated heterocycles. The summed E-state index contributed by atoms with van der Waals surface area (Å²) in [5, 5.41) is 18.2. The summed E-state index contributed by atoms with van der Waals surface area (Å²) < 4.78 is 41.0. The van der Waals surface area contributed by atoms with Crippen molar-refractivity contribution in [3.05, 3.63) is 36.4 Å². The third-order valence-electron chi connectivity index (χ3n) is 2.60. The van der Waals surface area contributed by atoms with Crippen LogP contribution in [-0.2, 0) is 10.1 Å². The molecule has 24 heavy (non-hydrogen) atoms. The van der Waals surface area contributed by atoms with Crippen LogP contribution in [0.2, 0.25) is 0 Å². The molecule has 0 amide bonds. The normalized spacial score (nSPS) is 10.0. The average Bonchev–Trinajstić information content (AvgIpc) is 2.49. The van der Waals surface area contributed by atoms with Crippen LogP contribution in [0.5, 0.6) is 23.0 Å². The Morgan fingerprint density at radius 2 is 1.42 bits per heavy atom. The zero-order chi connectivity index (χ0) is 17.6. The number of phenols is 2. The van der Waals surface area contributed by atoms with Crippen molar-refractivity contribution >= 4 is 22.7 Å². The van der Waals surface area contributed by atoms with Gasteiger partial charge in [-0.1, -0.05) is 0 Å². The molecule has 0 aliphatic heterocycles. The van der Waals surface area contributed by atoms with Gasteiger partial charge in [-0.05, 0) is 30.3 Å². The topological polar surface area (TPSA) is 116 Å². The van der Waals surface area contributed by atoms with Crippen molar-refractivity contribution in [3.63, 3.8) is 0 Å². The number of hydrogen-bond acceptors (Lipinski definition) is 8. The van der Waals surface area contributed by atoms with Gasteiger partial charge < -0.3 is 24.2 Å². The van der Waals surface area contributed by atoms with E-state index in [1.807, 2.05) is 0 Å². The molecular formula is C14H15KO7S2. The van der Waals surface area contributed by atoms with Gasteiger partial charge in [0.25, 0.3) is 0 Å². The molecule has 2 rings (SSSR count). The third kappa shape index (κ3) is 7.19. The van der Waals surface area contributed by atoms with Gasteiger partial charge in [0.15, 0.2) is 23.0 Å². The number of thiol groups is 1. The van der Waals surface area contributed by atoms with E-state index in [1.165, 1.54) is 14.2 Å². The van der Waals surface area contributed by atoms with E-state index in [0.717, 1.165) is 23.1 Å². The molecule has 2 aromatic rings. The van der Waals surface area contributed by atoms with E-state index in [0.29, 0.717) is 5.75 Å². The first-order chi connectivity index (χ1) is 10.7. The standard InChI is InChI=1S/C7H8O5S.C7H8O2S.K/c1-12-7-4-5(13(9,10)11)2-3-6(7)8;1-9-7-4-5(10)2-3-6(7)8;/h2-4,8H,1H3,(H,9,10,11);2-4,8,10H,1H3;/q;;+1/p-1. The molecule has 0 atom stereocenters. The zero-order valence-electron chi connectivity index (χ0n) is 13.3. The van der Waals surface area contributed by atoms with E-state index >= 15 is 0 Å². The summed E-state index contributed by atoms with van der Waals surface area (Å²) in [4.78, 5) is 0.344. The molecule has 10 heteroatoms. The van der Waals surface area contributed by atoms with E-state index in [2.05, 4.69) is 17.4 Å². The minimum atomic E-state index is -4.49. The molecule has 0 heterocycles. The molecular weight excluding hydrogens is 383 g/mol. The molecule has 126 valence electrons. The van der Waals surface area contributed by atoms with Crippen LogP contribution in [-0.4, -0.2) is 37.4 Å². The molecule has 2 aromatic carbocycles. The molecule has 0 bridgehead atoms. The Morgan fingerprint density at radius 1 is 0.958 bits per heavy atom. The second kappa shape index (κ2) is 10.5. The molecule has 0 radical (unpaired) electrons. The molecule has 0 fully saturated rings. The predicted octanol–water partition coefficient (Wildman–Crippen LogP) is -1.00. The number of hydrogen-bond donors (Lipinski definition) is 3. The number of benzene rings is 2. The Bertz CT molecular complexity index is 779. The average molecular weight is 398 g/mol. The first-order valence-electron chi connectivity index (χ1n) is 6.08. The second-order valence-corrected chi connectivity index (χ2v) is 6.04. The number of methoxy groups -OCH3 is 2. The Kier molecular flexibility index (Phi) is 10.3. The van der Waals surface area contributed by atoms with Gasteiger partial charge in [0.05, 0.1) is 19.1 Å². The third-order valence-corrected chi connectivity index (χ3v) is 3.71. The van der Waals surface area contributed by atoms with Crippen LogP contribution in [0.1, 0.15) is 0 Å². The molecule has 0 aliphatic rings. The first-order valence-corrected chi connectivity index (χ1v) is 7.93. The van der Waals surface area contributed by atoms with Crippen molar-refractivity contribution in [2.24, 2.45) is 0 Å². The summed E-state index contributed by atoms with van der Waals surface area (Å²) >= 11 is 4.06. The van der Waals surface area contributed by atoms with Gasteiger partial charge in [0, 0.05) is 11.0 Å². The van der Waals surface area contributed by atoms with Crippen molar-refractivity contribution < 1.29 is 84.0 Å². The predicted molar refractivity (Wildman–Crippen MR) is 84.5 cm³/mol. The molecule has 0 saturated carbocycles. The molecule has 0 aromatic heterocycles. The maximum atomic E-state index is 10.5. The van der Waals surface area contributed by atoms with Crippen LogP contribution in [0, 0.1) is 0 Å². The van der Waals surface area contributed by atoms with Crippen LogP contribution >= 0.6 is 12.6 Å². The summed E-state index contributed by atoms with van der Waals surface area (Å²) in [7, 11) is -1.73. The Labute approximate surface area is 188 Å². The van der Waals surface area contributed by atoms with Gasteiger partial charge in [-0.15, -0.1) is 12.6 Å². The fourth-order valence-electron chi connectivity index (χ4n) is 1.48. The summed E-state index contributed by atoms with van der Waals surface area (Å²) in [6, 6.07) is 7.96. The molecule has 2 N–H and O–H groups in total. The van der Waals surface area contributed by atoms with Crippen LogP contribution in [0.4, 0.5) is 0 Å². The van der Waals surface area contributed by atoms with E-state index in [9.17, 15) is 13.0 Å². The number of phenolic OH excluding ortho intramolecular Hbond substituents is 2. The van der Waals surface area contributed by atoms with Gasteiger partial charge in [0.2, 0.25) is 0 Å². The SMILES string of the molecule is COc1cc(S(=O)(=O)[O-])ccc1O.COc1cc(S)ccc1O.[K+]. The van der Waals surface area contributed by atoms with Crippen molar-refractivity contribution in [2.45, 2.75) is 9.79 Å². The zero-order valence-corrected chi connectivity index (χ0v) is 18.1. The monoisotopic (exact) mass is 398 g/mol. The van der Waals surface area contributed by atoms with Gasteiger partial charge in [0.1, 0.15) is 10.1 Å². The molecule has 7 nitrogen and oxygen atoms in total. The fraction of sp³-hybridized carbons (Fsp3) is 0.143. The van der Waals surface area contributed by atoms with Crippen molar-refractivity contribution in [2.75, 3.05) is 14.2 Å². The van der Waals surface area contributed by atoms with Crippen LogP contribution < -0.4 is 60.9 Å². The van der Waals surface area contributed by atoms with Crippen molar-refractivity contribution in [1.82, 2.24) is 0 Å². The smallest absolute Gasteiger partial charge is 0.744 e. The summed E-state index contributed by atoms with van der Waals surface area (Å²) in [6.07, 6.45) is 0. The quantitative estimate of drug-likeness (QED) is 0.345. The van der Waals surface area contributed by atoms with E-state index in [4.69, 9.17) is 14.9 Å². The van der Waals surface area contributed by atoms with Crippen LogP contribution in [0.15, 0.2) is 46.2 Å². The van der Waals surface area contributed by atoms with Crippen molar-refractivity contribution in [3.8, 4) is 23.0 Å². The minimum Gasteiger partial charge on any atom is -0.744 e. The fourth-order valence-corrected chi connectivity index (χ4v) is 2.16. The van der Waals surface area contributed by atoms with Gasteiger partial charge in [-0.3, -0.25) is 0 Å². The summed E-state index contributed by atoms with van der Waals surface area (Å²) in [6.45, 7) is 0. The Balaban J connectivity index is 0.000000436. The summed E-state index contributed by atoms with van der Waals surface area (Å²) in [5.41, 5.74) is 0. The number of ether oxygens (including phenoxy) is 2. The van der Waals surface area contributed by atoms with E-state index in [-0.39, 0.29) is 68.6 Å². The van der Waals surface area contributed by atoms with Crippen molar-refractivity contribution in [1.29, 1.82) is 0 Å². The molecule has 0 unspecified atom stereocenters. The van der Waals surface area contributed by atoms with E-state index in [1.54, 1.807) is 18.2 Å². The Morgan fingerprint density at radius 3 is 1.83 bits per heavy atom. The largest absolute Gasteiger partial charge is 1.00 e. The molecule has 0 spiro atoms. The molecule has 0 aliphatic carbocycles. The van der Waals surface area contributed by atoms with Gasteiger partial charge >= 0.3 is 51.4 Å². The maximum absolute atomic E-state index is 10.5. The second-order valence-electron chi connectivity index (χ2n) is 4.14. The number of aromatic hydroxyl groups is 2. The van der Waals surface area contributed by atoms with E-state index < -0.39 is 15.0 Å². The summed E-state index contributed by atoms with van der Waals surface area (Å²) in [5.74, 6) is 0.333. The minimum absolute atomic E-state index is 0. The number of rotatable bonds is 3. The maximum Gasteiger partial charge on any atom is 1.00 e. The van der Waals surface area contributed by atoms with Gasteiger partial charge in [-0.25, -0.2) is 8.42 Å². The Hall–Kier alpha value is -0.464. The van der Waals surface area contributed by atoms with Crippen LogP contribution in [0.25, 0.3) is 0 Å². The van der Waals surface area contributed by atoms with Crippen LogP contribution in [0.3, 0.4) is 0 Å². The first kappa shape index (κ1) is 23.5.